The number of piperidine rings is 1. The van der Waals surface area contributed by atoms with E-state index in [0.29, 0.717) is 18.7 Å². The van der Waals surface area contributed by atoms with Crippen molar-refractivity contribution in [2.75, 3.05) is 31.2 Å². The number of rotatable bonds is 8. The molecule has 43 heavy (non-hydrogen) atoms. The summed E-state index contributed by atoms with van der Waals surface area (Å²) in [7, 11) is 0. The maximum absolute atomic E-state index is 12.7. The summed E-state index contributed by atoms with van der Waals surface area (Å²) < 4.78 is 21.3. The summed E-state index contributed by atoms with van der Waals surface area (Å²) in [4.78, 5) is 27.8. The Morgan fingerprint density at radius 3 is 2.30 bits per heavy atom. The maximum atomic E-state index is 12.7. The number of nitrogens with zero attached hydrogens (tertiary/aromatic N) is 4. The smallest absolute Gasteiger partial charge is 0.415 e. The molecular formula is C33H48FIN4O4. The van der Waals surface area contributed by atoms with Crippen LogP contribution in [0, 0.1) is 0 Å². The molecule has 3 heterocycles. The van der Waals surface area contributed by atoms with Gasteiger partial charge in [0.15, 0.2) is 0 Å². The molecule has 1 amide bonds. The van der Waals surface area contributed by atoms with Gasteiger partial charge in [-0.2, -0.15) is 5.10 Å². The Balaban J connectivity index is 0.00000121. The highest BCUT2D eigenvalue weighted by molar-refractivity contribution is 14.1. The number of carboxylic acid groups (broad SMARTS) is 1. The van der Waals surface area contributed by atoms with Gasteiger partial charge >= 0.3 is 12.1 Å². The number of ether oxygens (including phenoxy) is 1. The Morgan fingerprint density at radius 1 is 1.16 bits per heavy atom. The van der Waals surface area contributed by atoms with Gasteiger partial charge < -0.3 is 9.84 Å². The molecule has 2 fully saturated rings. The molecule has 8 nitrogen and oxygen atoms in total. The molecule has 2 aromatic rings. The van der Waals surface area contributed by atoms with Crippen LogP contribution in [0.25, 0.3) is 0 Å². The molecule has 0 aliphatic carbocycles. The summed E-state index contributed by atoms with van der Waals surface area (Å²) in [5.74, 6) is -1.000. The fourth-order valence-corrected chi connectivity index (χ4v) is 5.16. The molecule has 2 aliphatic rings. The van der Waals surface area contributed by atoms with Gasteiger partial charge in [0.2, 0.25) is 0 Å². The first-order valence-corrected chi connectivity index (χ1v) is 16.2. The summed E-state index contributed by atoms with van der Waals surface area (Å²) in [6.45, 7) is 16.9. The van der Waals surface area contributed by atoms with Gasteiger partial charge in [0.25, 0.3) is 0 Å². The zero-order chi connectivity index (χ0) is 32.2. The van der Waals surface area contributed by atoms with Crippen molar-refractivity contribution < 1.29 is 23.8 Å². The van der Waals surface area contributed by atoms with Gasteiger partial charge in [0, 0.05) is 59.9 Å². The third-order valence-electron chi connectivity index (χ3n) is 6.98. The quantitative estimate of drug-likeness (QED) is 0.220. The number of alkyl halides is 1. The second kappa shape index (κ2) is 16.9. The molecule has 0 radical (unpaired) electrons. The first-order chi connectivity index (χ1) is 20.4. The Morgan fingerprint density at radius 2 is 1.77 bits per heavy atom. The Kier molecular flexibility index (Phi) is 14.4. The maximum Gasteiger partial charge on any atom is 0.415 e. The van der Waals surface area contributed by atoms with E-state index in [0.717, 1.165) is 47.3 Å². The minimum absolute atomic E-state index is 0.143. The highest BCUT2D eigenvalue weighted by atomic mass is 127. The zero-order valence-electron chi connectivity index (χ0n) is 26.7. The topological polar surface area (TPSA) is 87.9 Å². The number of likely N-dealkylation sites (tertiary alicyclic amines) is 1. The van der Waals surface area contributed by atoms with E-state index < -0.39 is 24.3 Å². The Hall–Kier alpha value is -2.73. The SMILES string of the molecule is CC.CC(C)(C)n1cc(CN2CCC3(CC2)CN(c2ccc(C(=O)O)cc2)C(=O)O3)c(C/C=C\C(I)=C/CF)n1.CCC. The number of carboxylic acids is 1. The monoisotopic (exact) mass is 710 g/mol. The lowest BCUT2D eigenvalue weighted by molar-refractivity contribution is -0.00102. The van der Waals surface area contributed by atoms with Crippen molar-refractivity contribution in [2.45, 2.75) is 91.8 Å². The van der Waals surface area contributed by atoms with Crippen LogP contribution in [0.3, 0.4) is 0 Å². The first-order valence-electron chi connectivity index (χ1n) is 15.1. The van der Waals surface area contributed by atoms with E-state index in [1.54, 1.807) is 17.0 Å². The number of halogens is 2. The summed E-state index contributed by atoms with van der Waals surface area (Å²) >= 11 is 2.12. The Labute approximate surface area is 270 Å². The average molecular weight is 711 g/mol. The van der Waals surface area contributed by atoms with Crippen molar-refractivity contribution in [3.8, 4) is 0 Å². The van der Waals surface area contributed by atoms with Crippen LogP contribution < -0.4 is 4.90 Å². The lowest BCUT2D eigenvalue weighted by atomic mass is 9.91. The molecule has 0 unspecified atom stereocenters. The fraction of sp³-hybridized carbons (Fsp3) is 0.545. The van der Waals surface area contributed by atoms with Gasteiger partial charge in [-0.1, -0.05) is 46.3 Å². The average Bonchev–Trinajstić information content (AvgIpc) is 3.52. The second-order valence-electron chi connectivity index (χ2n) is 11.5. The van der Waals surface area contributed by atoms with Crippen LogP contribution in [0.5, 0.6) is 0 Å². The van der Waals surface area contributed by atoms with Crippen LogP contribution in [-0.2, 0) is 23.2 Å². The van der Waals surface area contributed by atoms with E-state index in [4.69, 9.17) is 14.9 Å². The number of hydrogen-bond donors (Lipinski definition) is 1. The zero-order valence-corrected chi connectivity index (χ0v) is 28.9. The van der Waals surface area contributed by atoms with Crippen LogP contribution in [0.15, 0.2) is 52.3 Å². The molecule has 0 atom stereocenters. The number of anilines is 1. The molecule has 2 saturated heterocycles. The van der Waals surface area contributed by atoms with Crippen LogP contribution in [0.2, 0.25) is 0 Å². The fourth-order valence-electron chi connectivity index (χ4n) is 4.74. The summed E-state index contributed by atoms with van der Waals surface area (Å²) in [5, 5.41) is 14.0. The minimum atomic E-state index is -1.000. The van der Waals surface area contributed by atoms with E-state index >= 15 is 0 Å². The van der Waals surface area contributed by atoms with E-state index in [9.17, 15) is 14.0 Å². The van der Waals surface area contributed by atoms with Crippen molar-refractivity contribution in [3.05, 3.63) is 69.1 Å². The minimum Gasteiger partial charge on any atom is -0.478 e. The third-order valence-corrected chi connectivity index (χ3v) is 7.78. The molecule has 1 spiro atoms. The van der Waals surface area contributed by atoms with Crippen molar-refractivity contribution in [1.82, 2.24) is 14.7 Å². The van der Waals surface area contributed by atoms with Crippen LogP contribution >= 0.6 is 22.6 Å². The van der Waals surface area contributed by atoms with Crippen LogP contribution in [0.4, 0.5) is 14.9 Å². The van der Waals surface area contributed by atoms with E-state index in [2.05, 4.69) is 68.3 Å². The predicted molar refractivity (Wildman–Crippen MR) is 180 cm³/mol. The molecular weight excluding hydrogens is 662 g/mol. The summed E-state index contributed by atoms with van der Waals surface area (Å²) in [5.41, 5.74) is 2.30. The van der Waals surface area contributed by atoms with Gasteiger partial charge in [0.1, 0.15) is 12.3 Å². The van der Waals surface area contributed by atoms with Gasteiger partial charge in [-0.05, 0) is 73.7 Å². The Bertz CT molecular complexity index is 1240. The molecule has 1 N–H and O–H groups in total. The highest BCUT2D eigenvalue weighted by Crippen LogP contribution is 2.36. The lowest BCUT2D eigenvalue weighted by Crippen LogP contribution is -2.46. The standard InChI is InChI=1S/C28H34FIN4O4.C3H8.C2H6/c1-27(2,3)34-18-21(24(31-34)6-4-5-22(30)11-14-29)17-32-15-12-28(13-16-32)19-33(26(37)38-28)23-9-7-20(8-10-23)25(35)36;1-3-2;1-2/h4-5,7-11,18H,6,12-17,19H2,1-3H3,(H,35,36);3H2,1-2H3;1-2H3/b5-4-,22-11+;;. The van der Waals surface area contributed by atoms with Crippen molar-refractivity contribution in [3.63, 3.8) is 0 Å². The van der Waals surface area contributed by atoms with E-state index in [-0.39, 0.29) is 11.1 Å². The van der Waals surface area contributed by atoms with E-state index in [1.807, 2.05) is 30.7 Å². The van der Waals surface area contributed by atoms with Crippen LogP contribution in [0.1, 0.15) is 89.3 Å². The van der Waals surface area contributed by atoms with Gasteiger partial charge in [0.05, 0.1) is 23.3 Å². The number of hydrogen-bond acceptors (Lipinski definition) is 5. The molecule has 1 aromatic heterocycles. The van der Waals surface area contributed by atoms with Crippen molar-refractivity contribution in [2.24, 2.45) is 0 Å². The summed E-state index contributed by atoms with van der Waals surface area (Å²) in [6, 6.07) is 6.30. The van der Waals surface area contributed by atoms with Gasteiger partial charge in [-0.25, -0.2) is 14.0 Å². The number of carbonyl (C=O) groups is 2. The number of amides is 1. The molecule has 238 valence electrons. The van der Waals surface area contributed by atoms with Crippen molar-refractivity contribution in [1.29, 1.82) is 0 Å². The van der Waals surface area contributed by atoms with Crippen LogP contribution in [-0.4, -0.2) is 63.8 Å². The number of aromatic carboxylic acids is 1. The summed E-state index contributed by atoms with van der Waals surface area (Å²) in [6.07, 6.45) is 10.6. The molecule has 2 aliphatic heterocycles. The number of benzene rings is 1. The molecule has 0 saturated carbocycles. The second-order valence-corrected chi connectivity index (χ2v) is 12.8. The van der Waals surface area contributed by atoms with Gasteiger partial charge in [-0.3, -0.25) is 14.5 Å². The van der Waals surface area contributed by atoms with E-state index in [1.165, 1.54) is 24.6 Å². The lowest BCUT2D eigenvalue weighted by Gasteiger charge is -2.37. The number of aromatic nitrogens is 2. The highest BCUT2D eigenvalue weighted by Gasteiger charge is 2.47. The number of carbonyl (C=O) groups excluding carboxylic acids is 1. The normalized spacial score (nSPS) is 16.9. The predicted octanol–water partition coefficient (Wildman–Crippen LogP) is 8.16. The molecule has 0 bridgehead atoms. The third kappa shape index (κ3) is 10.4. The molecule has 10 heteroatoms. The van der Waals surface area contributed by atoms with Crippen molar-refractivity contribution >= 4 is 40.3 Å². The first kappa shape index (κ1) is 36.5. The largest absolute Gasteiger partial charge is 0.478 e. The number of allylic oxidation sites excluding steroid dienone is 4. The van der Waals surface area contributed by atoms with Gasteiger partial charge in [-0.15, -0.1) is 0 Å². The molecule has 4 rings (SSSR count). The molecule has 1 aromatic carbocycles.